The molecule has 2 aromatic rings. The van der Waals surface area contributed by atoms with Crippen molar-refractivity contribution in [3.8, 4) is 0 Å². The number of carboxylic acid groups (broad SMARTS) is 1. The topological polar surface area (TPSA) is 66.3 Å². The predicted octanol–water partition coefficient (Wildman–Crippen LogP) is 2.25. The van der Waals surface area contributed by atoms with Crippen LogP contribution in [0, 0.1) is 6.92 Å². The lowest BCUT2D eigenvalue weighted by Crippen LogP contribution is -2.16. The van der Waals surface area contributed by atoms with Crippen LogP contribution in [0.1, 0.15) is 15.9 Å². The Bertz CT molecular complexity index is 584. The van der Waals surface area contributed by atoms with Crippen molar-refractivity contribution in [3.05, 3.63) is 47.9 Å². The second-order valence-electron chi connectivity index (χ2n) is 3.96. The summed E-state index contributed by atoms with van der Waals surface area (Å²) in [5.74, 6) is -0.659. The molecule has 0 aliphatic rings. The second kappa shape index (κ2) is 4.83. The molecule has 2 rings (SSSR count). The van der Waals surface area contributed by atoms with Crippen molar-refractivity contribution in [3.63, 3.8) is 0 Å². The van der Waals surface area contributed by atoms with Crippen LogP contribution in [0.5, 0.6) is 0 Å². The Balaban J connectivity index is 2.46. The van der Waals surface area contributed by atoms with E-state index in [1.165, 1.54) is 12.5 Å². The fraction of sp³-hybridized carbons (Fsp3) is 0.154. The van der Waals surface area contributed by atoms with Crippen LogP contribution in [0.4, 0.5) is 11.5 Å². The molecular weight excluding hydrogens is 230 g/mol. The summed E-state index contributed by atoms with van der Waals surface area (Å²) < 4.78 is 0. The SMILES string of the molecule is Cc1cccc(N(C)c2ncncc2C(=O)O)c1. The summed E-state index contributed by atoms with van der Waals surface area (Å²) in [5, 5.41) is 9.11. The van der Waals surface area contributed by atoms with Crippen LogP contribution in [0.15, 0.2) is 36.8 Å². The Labute approximate surface area is 105 Å². The van der Waals surface area contributed by atoms with Crippen molar-refractivity contribution < 1.29 is 9.90 Å². The molecule has 0 bridgehead atoms. The first-order valence-electron chi connectivity index (χ1n) is 5.43. The molecule has 0 fully saturated rings. The Morgan fingerprint density at radius 1 is 1.39 bits per heavy atom. The van der Waals surface area contributed by atoms with Crippen molar-refractivity contribution >= 4 is 17.5 Å². The first kappa shape index (κ1) is 12.0. The van der Waals surface area contributed by atoms with Gasteiger partial charge in [-0.15, -0.1) is 0 Å². The lowest BCUT2D eigenvalue weighted by molar-refractivity contribution is 0.0697. The number of aromatic carboxylic acids is 1. The van der Waals surface area contributed by atoms with Crippen LogP contribution in [0.25, 0.3) is 0 Å². The van der Waals surface area contributed by atoms with Crippen LogP contribution in [0.2, 0.25) is 0 Å². The van der Waals surface area contributed by atoms with Gasteiger partial charge in [0.05, 0.1) is 0 Å². The molecule has 0 amide bonds. The third kappa shape index (κ3) is 2.29. The summed E-state index contributed by atoms with van der Waals surface area (Å²) in [5.41, 5.74) is 2.07. The molecule has 1 N–H and O–H groups in total. The highest BCUT2D eigenvalue weighted by molar-refractivity contribution is 5.93. The van der Waals surface area contributed by atoms with Gasteiger partial charge in [0.15, 0.2) is 5.82 Å². The van der Waals surface area contributed by atoms with E-state index in [1.54, 1.807) is 11.9 Å². The summed E-state index contributed by atoms with van der Waals surface area (Å²) >= 11 is 0. The van der Waals surface area contributed by atoms with E-state index in [-0.39, 0.29) is 5.56 Å². The number of aromatic nitrogens is 2. The monoisotopic (exact) mass is 243 g/mol. The van der Waals surface area contributed by atoms with Crippen molar-refractivity contribution in [1.29, 1.82) is 0 Å². The van der Waals surface area contributed by atoms with Crippen LogP contribution in [0.3, 0.4) is 0 Å². The van der Waals surface area contributed by atoms with Crippen LogP contribution >= 0.6 is 0 Å². The summed E-state index contributed by atoms with van der Waals surface area (Å²) in [4.78, 5) is 20.6. The van der Waals surface area contributed by atoms with E-state index in [9.17, 15) is 4.79 Å². The molecule has 5 heteroatoms. The molecule has 0 radical (unpaired) electrons. The van der Waals surface area contributed by atoms with Crippen LogP contribution in [-0.2, 0) is 0 Å². The van der Waals surface area contributed by atoms with E-state index in [0.717, 1.165) is 11.3 Å². The number of carboxylic acids is 1. The van der Waals surface area contributed by atoms with Crippen molar-refractivity contribution in [2.24, 2.45) is 0 Å². The van der Waals surface area contributed by atoms with Crippen molar-refractivity contribution in [2.45, 2.75) is 6.92 Å². The lowest BCUT2D eigenvalue weighted by atomic mass is 10.2. The highest BCUT2D eigenvalue weighted by Gasteiger charge is 2.16. The van der Waals surface area contributed by atoms with E-state index in [2.05, 4.69) is 9.97 Å². The van der Waals surface area contributed by atoms with Crippen LogP contribution < -0.4 is 4.90 Å². The fourth-order valence-corrected chi connectivity index (χ4v) is 1.70. The van der Waals surface area contributed by atoms with Gasteiger partial charge in [0.1, 0.15) is 11.9 Å². The molecule has 18 heavy (non-hydrogen) atoms. The van der Waals surface area contributed by atoms with E-state index in [4.69, 9.17) is 5.11 Å². The van der Waals surface area contributed by atoms with E-state index in [0.29, 0.717) is 5.82 Å². The Morgan fingerprint density at radius 3 is 2.83 bits per heavy atom. The average molecular weight is 243 g/mol. The molecular formula is C13H13N3O2. The number of rotatable bonds is 3. The quantitative estimate of drug-likeness (QED) is 0.895. The molecule has 1 aromatic carbocycles. The summed E-state index contributed by atoms with van der Waals surface area (Å²) in [7, 11) is 1.78. The van der Waals surface area contributed by atoms with Gasteiger partial charge in [-0.2, -0.15) is 0 Å². The highest BCUT2D eigenvalue weighted by Crippen LogP contribution is 2.24. The zero-order valence-corrected chi connectivity index (χ0v) is 10.2. The molecule has 0 unspecified atom stereocenters. The number of hydrogen-bond donors (Lipinski definition) is 1. The first-order chi connectivity index (χ1) is 8.59. The zero-order valence-electron chi connectivity index (χ0n) is 10.2. The standard InChI is InChI=1S/C13H13N3O2/c1-9-4-3-5-10(6-9)16(2)12-11(13(17)18)7-14-8-15-12/h3-8H,1-2H3,(H,17,18). The normalized spacial score (nSPS) is 10.1. The predicted molar refractivity (Wildman–Crippen MR) is 68.2 cm³/mol. The Hall–Kier alpha value is -2.43. The molecule has 1 aromatic heterocycles. The van der Waals surface area contributed by atoms with Crippen molar-refractivity contribution in [1.82, 2.24) is 9.97 Å². The summed E-state index contributed by atoms with van der Waals surface area (Å²) in [6.07, 6.45) is 2.64. The number of hydrogen-bond acceptors (Lipinski definition) is 4. The molecule has 0 spiro atoms. The maximum absolute atomic E-state index is 11.1. The number of anilines is 2. The van der Waals surface area contributed by atoms with Gasteiger partial charge in [-0.1, -0.05) is 12.1 Å². The van der Waals surface area contributed by atoms with Gasteiger partial charge >= 0.3 is 5.97 Å². The van der Waals surface area contributed by atoms with Gasteiger partial charge in [0, 0.05) is 18.9 Å². The molecule has 0 saturated heterocycles. The third-order valence-electron chi connectivity index (χ3n) is 2.63. The largest absolute Gasteiger partial charge is 0.477 e. The number of nitrogens with zero attached hydrogens (tertiary/aromatic N) is 3. The van der Waals surface area contributed by atoms with E-state index >= 15 is 0 Å². The van der Waals surface area contributed by atoms with Crippen LogP contribution in [-0.4, -0.2) is 28.1 Å². The first-order valence-corrected chi connectivity index (χ1v) is 5.43. The van der Waals surface area contributed by atoms with Crippen molar-refractivity contribution in [2.75, 3.05) is 11.9 Å². The second-order valence-corrected chi connectivity index (χ2v) is 3.96. The van der Waals surface area contributed by atoms with E-state index < -0.39 is 5.97 Å². The molecule has 1 heterocycles. The average Bonchev–Trinajstić information content (AvgIpc) is 2.38. The minimum Gasteiger partial charge on any atom is -0.477 e. The summed E-state index contributed by atoms with van der Waals surface area (Å²) in [6, 6.07) is 7.77. The molecule has 0 atom stereocenters. The van der Waals surface area contributed by atoms with Gasteiger partial charge in [0.25, 0.3) is 0 Å². The minimum absolute atomic E-state index is 0.0847. The Kier molecular flexibility index (Phi) is 3.23. The molecule has 5 nitrogen and oxygen atoms in total. The minimum atomic E-state index is -1.04. The van der Waals surface area contributed by atoms with Gasteiger partial charge in [-0.25, -0.2) is 14.8 Å². The zero-order chi connectivity index (χ0) is 13.1. The number of carbonyl (C=O) groups is 1. The molecule has 0 saturated carbocycles. The summed E-state index contributed by atoms with van der Waals surface area (Å²) in [6.45, 7) is 1.98. The highest BCUT2D eigenvalue weighted by atomic mass is 16.4. The maximum Gasteiger partial charge on any atom is 0.341 e. The fourth-order valence-electron chi connectivity index (χ4n) is 1.70. The van der Waals surface area contributed by atoms with Gasteiger partial charge in [-0.3, -0.25) is 0 Å². The van der Waals surface area contributed by atoms with Gasteiger partial charge in [0.2, 0.25) is 0 Å². The van der Waals surface area contributed by atoms with E-state index in [1.807, 2.05) is 31.2 Å². The van der Waals surface area contributed by atoms with Gasteiger partial charge < -0.3 is 10.0 Å². The number of benzene rings is 1. The molecule has 92 valence electrons. The maximum atomic E-state index is 11.1. The smallest absolute Gasteiger partial charge is 0.341 e. The number of aryl methyl sites for hydroxylation is 1. The lowest BCUT2D eigenvalue weighted by Gasteiger charge is -2.19. The third-order valence-corrected chi connectivity index (χ3v) is 2.63. The Morgan fingerprint density at radius 2 is 2.17 bits per heavy atom. The van der Waals surface area contributed by atoms with Gasteiger partial charge in [-0.05, 0) is 24.6 Å². The molecule has 0 aliphatic heterocycles. The molecule has 0 aliphatic carbocycles.